The number of esters is 2. The molecule has 0 rings (SSSR count). The van der Waals surface area contributed by atoms with Gasteiger partial charge >= 0.3 is 11.9 Å². The van der Waals surface area contributed by atoms with Gasteiger partial charge in [-0.2, -0.15) is 0 Å². The molecule has 0 unspecified atom stereocenters. The van der Waals surface area contributed by atoms with Crippen molar-refractivity contribution >= 4 is 11.9 Å². The van der Waals surface area contributed by atoms with E-state index < -0.39 is 0 Å². The minimum atomic E-state index is 0.0362. The molecule has 0 heterocycles. The average molecular weight is 665 g/mol. The van der Waals surface area contributed by atoms with Gasteiger partial charge < -0.3 is 9.47 Å². The van der Waals surface area contributed by atoms with Crippen LogP contribution in [0.4, 0.5) is 0 Å². The summed E-state index contributed by atoms with van der Waals surface area (Å²) in [5.74, 6) is 1.11. The molecular weight excluding hydrogens is 580 g/mol. The molecule has 0 aromatic heterocycles. The minimum absolute atomic E-state index is 0.0362. The van der Waals surface area contributed by atoms with Crippen LogP contribution < -0.4 is 0 Å². The van der Waals surface area contributed by atoms with E-state index in [4.69, 9.17) is 9.47 Å². The summed E-state index contributed by atoms with van der Waals surface area (Å²) in [6.07, 6.45) is 39.9. The lowest BCUT2D eigenvalue weighted by atomic mass is 9.92. The standard InChI is InChI=1S/C43H84O4/c1-5-9-13-26-32-40(33-27-14-10-6-2)38-42(44)46-36-30-24-22-20-18-17-19-21-23-25-31-37-47-43(45)39-41(34-28-15-11-7-3)35-29-16-12-8-4/h40-41H,5-39H2,1-4H3. The number of hydrogen-bond donors (Lipinski definition) is 0. The Morgan fingerprint density at radius 3 is 0.830 bits per heavy atom. The second-order valence-electron chi connectivity index (χ2n) is 14.9. The Bertz CT molecular complexity index is 570. The molecule has 0 atom stereocenters. The van der Waals surface area contributed by atoms with Gasteiger partial charge in [0.15, 0.2) is 0 Å². The highest BCUT2D eigenvalue weighted by molar-refractivity contribution is 5.70. The van der Waals surface area contributed by atoms with E-state index >= 15 is 0 Å². The highest BCUT2D eigenvalue weighted by atomic mass is 16.5. The predicted octanol–water partition coefficient (Wildman–Crippen LogP) is 14.3. The molecule has 280 valence electrons. The van der Waals surface area contributed by atoms with Crippen molar-refractivity contribution in [1.82, 2.24) is 0 Å². The summed E-state index contributed by atoms with van der Waals surface area (Å²) in [6.45, 7) is 10.2. The lowest BCUT2D eigenvalue weighted by Crippen LogP contribution is -2.13. The fourth-order valence-corrected chi connectivity index (χ4v) is 6.89. The highest BCUT2D eigenvalue weighted by Gasteiger charge is 2.16. The van der Waals surface area contributed by atoms with E-state index in [0.29, 0.717) is 37.9 Å². The fraction of sp³-hybridized carbons (Fsp3) is 0.953. The molecule has 0 aliphatic heterocycles. The van der Waals surface area contributed by atoms with Crippen LogP contribution in [0, 0.1) is 11.8 Å². The van der Waals surface area contributed by atoms with Crippen LogP contribution in [0.2, 0.25) is 0 Å². The summed E-state index contributed by atoms with van der Waals surface area (Å²) >= 11 is 0. The van der Waals surface area contributed by atoms with Crippen molar-refractivity contribution in [3.8, 4) is 0 Å². The van der Waals surface area contributed by atoms with Crippen LogP contribution in [-0.4, -0.2) is 25.2 Å². The van der Waals surface area contributed by atoms with Gasteiger partial charge in [0.25, 0.3) is 0 Å². The zero-order valence-electron chi connectivity index (χ0n) is 32.5. The largest absolute Gasteiger partial charge is 0.466 e. The third-order valence-corrected chi connectivity index (χ3v) is 10.1. The van der Waals surface area contributed by atoms with Crippen LogP contribution in [0.1, 0.15) is 240 Å². The SMILES string of the molecule is CCCCCCC(CCCCCC)CC(=O)OCCCCCCCCCCCCCOC(=O)CC(CCCCCC)CCCCCC. The van der Waals surface area contributed by atoms with Gasteiger partial charge in [0, 0.05) is 12.8 Å². The molecule has 4 nitrogen and oxygen atoms in total. The van der Waals surface area contributed by atoms with E-state index in [0.717, 1.165) is 12.8 Å². The molecule has 0 aromatic rings. The van der Waals surface area contributed by atoms with Crippen molar-refractivity contribution in [1.29, 1.82) is 0 Å². The van der Waals surface area contributed by atoms with Crippen molar-refractivity contribution < 1.29 is 19.1 Å². The van der Waals surface area contributed by atoms with E-state index in [1.807, 2.05) is 0 Å². The Morgan fingerprint density at radius 1 is 0.340 bits per heavy atom. The van der Waals surface area contributed by atoms with Crippen LogP contribution in [0.15, 0.2) is 0 Å². The molecule has 0 fully saturated rings. The zero-order chi connectivity index (χ0) is 34.5. The molecule has 0 spiro atoms. The van der Waals surface area contributed by atoms with Gasteiger partial charge in [-0.25, -0.2) is 0 Å². The maximum absolute atomic E-state index is 12.5. The summed E-state index contributed by atoms with van der Waals surface area (Å²) in [7, 11) is 0. The Kier molecular flexibility index (Phi) is 36.9. The Labute approximate surface area is 295 Å². The molecule has 0 saturated carbocycles. The lowest BCUT2D eigenvalue weighted by Gasteiger charge is -2.16. The van der Waals surface area contributed by atoms with Gasteiger partial charge in [-0.05, 0) is 50.4 Å². The molecule has 0 N–H and O–H groups in total. The van der Waals surface area contributed by atoms with Crippen molar-refractivity contribution in [2.75, 3.05) is 13.2 Å². The Balaban J connectivity index is 3.75. The van der Waals surface area contributed by atoms with E-state index in [2.05, 4.69) is 27.7 Å². The maximum atomic E-state index is 12.5. The molecule has 4 heteroatoms. The lowest BCUT2D eigenvalue weighted by molar-refractivity contribution is -0.146. The van der Waals surface area contributed by atoms with Crippen molar-refractivity contribution in [3.05, 3.63) is 0 Å². The minimum Gasteiger partial charge on any atom is -0.466 e. The summed E-state index contributed by atoms with van der Waals surface area (Å²) in [5.41, 5.74) is 0. The Hall–Kier alpha value is -1.06. The predicted molar refractivity (Wildman–Crippen MR) is 204 cm³/mol. The van der Waals surface area contributed by atoms with E-state index in [9.17, 15) is 9.59 Å². The summed E-state index contributed by atoms with van der Waals surface area (Å²) in [4.78, 5) is 24.9. The van der Waals surface area contributed by atoms with Crippen LogP contribution in [0.25, 0.3) is 0 Å². The first kappa shape index (κ1) is 45.9. The van der Waals surface area contributed by atoms with Gasteiger partial charge in [0.2, 0.25) is 0 Å². The van der Waals surface area contributed by atoms with Gasteiger partial charge in [0.05, 0.1) is 13.2 Å². The second kappa shape index (κ2) is 37.8. The molecule has 0 amide bonds. The molecule has 0 aliphatic carbocycles. The van der Waals surface area contributed by atoms with Crippen molar-refractivity contribution in [2.45, 2.75) is 240 Å². The first-order chi connectivity index (χ1) is 23.1. The smallest absolute Gasteiger partial charge is 0.306 e. The topological polar surface area (TPSA) is 52.6 Å². The molecule has 47 heavy (non-hydrogen) atoms. The van der Waals surface area contributed by atoms with Crippen LogP contribution in [0.3, 0.4) is 0 Å². The highest BCUT2D eigenvalue weighted by Crippen LogP contribution is 2.24. The fourth-order valence-electron chi connectivity index (χ4n) is 6.89. The number of ether oxygens (including phenoxy) is 2. The van der Waals surface area contributed by atoms with Crippen LogP contribution in [0.5, 0.6) is 0 Å². The normalized spacial score (nSPS) is 11.5. The third-order valence-electron chi connectivity index (χ3n) is 10.1. The first-order valence-corrected chi connectivity index (χ1v) is 21.4. The molecule has 0 bridgehead atoms. The molecule has 0 aromatic carbocycles. The molecule has 0 radical (unpaired) electrons. The number of hydrogen-bond acceptors (Lipinski definition) is 4. The van der Waals surface area contributed by atoms with Crippen LogP contribution >= 0.6 is 0 Å². The summed E-state index contributed by atoms with van der Waals surface area (Å²) in [6, 6.07) is 0. The van der Waals surface area contributed by atoms with Crippen molar-refractivity contribution in [2.24, 2.45) is 11.8 Å². The van der Waals surface area contributed by atoms with Crippen LogP contribution in [-0.2, 0) is 19.1 Å². The second-order valence-corrected chi connectivity index (χ2v) is 14.9. The summed E-state index contributed by atoms with van der Waals surface area (Å²) < 4.78 is 11.3. The zero-order valence-corrected chi connectivity index (χ0v) is 32.5. The van der Waals surface area contributed by atoms with Gasteiger partial charge in [-0.1, -0.05) is 188 Å². The van der Waals surface area contributed by atoms with E-state index in [1.165, 1.54) is 186 Å². The molecule has 0 saturated heterocycles. The summed E-state index contributed by atoms with van der Waals surface area (Å²) in [5, 5.41) is 0. The first-order valence-electron chi connectivity index (χ1n) is 21.4. The Morgan fingerprint density at radius 2 is 0.574 bits per heavy atom. The quantitative estimate of drug-likeness (QED) is 0.0487. The molecular formula is C43H84O4. The number of carbonyl (C=O) groups is 2. The maximum Gasteiger partial charge on any atom is 0.306 e. The van der Waals surface area contributed by atoms with Crippen molar-refractivity contribution in [3.63, 3.8) is 0 Å². The van der Waals surface area contributed by atoms with E-state index in [-0.39, 0.29) is 11.9 Å². The average Bonchev–Trinajstić information content (AvgIpc) is 3.06. The number of rotatable bonds is 38. The molecule has 0 aliphatic rings. The van der Waals surface area contributed by atoms with Gasteiger partial charge in [-0.3, -0.25) is 9.59 Å². The number of unbranched alkanes of at least 4 members (excludes halogenated alkanes) is 22. The third kappa shape index (κ3) is 34.6. The van der Waals surface area contributed by atoms with Gasteiger partial charge in [0.1, 0.15) is 0 Å². The van der Waals surface area contributed by atoms with E-state index in [1.54, 1.807) is 0 Å². The monoisotopic (exact) mass is 665 g/mol. The number of carbonyl (C=O) groups excluding carboxylic acids is 2. The van der Waals surface area contributed by atoms with Gasteiger partial charge in [-0.15, -0.1) is 0 Å².